The molecule has 0 spiro atoms. The fourth-order valence-corrected chi connectivity index (χ4v) is 2.67. The van der Waals surface area contributed by atoms with E-state index in [1.54, 1.807) is 6.07 Å². The summed E-state index contributed by atoms with van der Waals surface area (Å²) in [5.74, 6) is 0.658. The maximum atomic E-state index is 12.3. The third-order valence-corrected chi connectivity index (χ3v) is 3.74. The molecule has 1 amide bonds. The molecule has 18 heavy (non-hydrogen) atoms. The Hall–Kier alpha value is -0.520. The minimum absolute atomic E-state index is 0. The lowest BCUT2D eigenvalue weighted by atomic mass is 9.92. The Kier molecular flexibility index (Phi) is 5.69. The van der Waals surface area contributed by atoms with E-state index in [0.717, 1.165) is 19.4 Å². The Balaban J connectivity index is 0.00000162. The van der Waals surface area contributed by atoms with Gasteiger partial charge in [0.25, 0.3) is 5.91 Å². The van der Waals surface area contributed by atoms with Gasteiger partial charge < -0.3 is 15.1 Å². The lowest BCUT2D eigenvalue weighted by molar-refractivity contribution is 0.0573. The first-order valence-corrected chi connectivity index (χ1v) is 6.66. The molecule has 1 aliphatic rings. The number of piperidine rings is 1. The van der Waals surface area contributed by atoms with Crippen LogP contribution in [0.15, 0.2) is 21.4 Å². The second-order valence-electron chi connectivity index (χ2n) is 4.66. The second-order valence-corrected chi connectivity index (χ2v) is 5.44. The molecule has 1 aromatic rings. The monoisotopic (exact) mass is 336 g/mol. The lowest BCUT2D eigenvalue weighted by Gasteiger charge is -2.37. The highest BCUT2D eigenvalue weighted by Gasteiger charge is 2.30. The molecule has 6 heteroatoms. The van der Waals surface area contributed by atoms with Crippen LogP contribution in [0.3, 0.4) is 0 Å². The first kappa shape index (κ1) is 15.5. The highest BCUT2D eigenvalue weighted by atomic mass is 79.9. The molecule has 2 unspecified atom stereocenters. The first-order valence-electron chi connectivity index (χ1n) is 5.87. The van der Waals surface area contributed by atoms with E-state index in [1.807, 2.05) is 4.90 Å². The van der Waals surface area contributed by atoms with E-state index in [4.69, 9.17) is 10.2 Å². The number of hydrogen-bond donors (Lipinski definition) is 1. The van der Waals surface area contributed by atoms with Crippen molar-refractivity contribution < 1.29 is 9.21 Å². The zero-order chi connectivity index (χ0) is 12.4. The Morgan fingerprint density at radius 2 is 2.39 bits per heavy atom. The number of carbonyl (C=O) groups excluding carboxylic acids is 1. The van der Waals surface area contributed by atoms with Gasteiger partial charge in [-0.3, -0.25) is 4.79 Å². The van der Waals surface area contributed by atoms with Gasteiger partial charge >= 0.3 is 0 Å². The molecule has 1 aromatic heterocycles. The van der Waals surface area contributed by atoms with Crippen molar-refractivity contribution in [2.45, 2.75) is 25.8 Å². The minimum atomic E-state index is 0. The molecule has 0 bridgehead atoms. The van der Waals surface area contributed by atoms with Crippen LogP contribution in [-0.2, 0) is 0 Å². The maximum absolute atomic E-state index is 12.3. The van der Waals surface area contributed by atoms with Gasteiger partial charge in [0.2, 0.25) is 0 Å². The molecule has 2 heterocycles. The average Bonchev–Trinajstić information content (AvgIpc) is 2.75. The molecule has 102 valence electrons. The molecular formula is C12H18BrClN2O2. The third-order valence-electron chi connectivity index (χ3n) is 3.33. The van der Waals surface area contributed by atoms with Crippen LogP contribution >= 0.6 is 28.3 Å². The van der Waals surface area contributed by atoms with Crippen molar-refractivity contribution in [2.24, 2.45) is 11.7 Å². The van der Waals surface area contributed by atoms with Gasteiger partial charge in [0.05, 0.1) is 5.56 Å². The van der Waals surface area contributed by atoms with Crippen LogP contribution in [0, 0.1) is 5.92 Å². The molecule has 0 aliphatic carbocycles. The fourth-order valence-electron chi connectivity index (χ4n) is 2.33. The lowest BCUT2D eigenvalue weighted by Crippen LogP contribution is -2.49. The van der Waals surface area contributed by atoms with Crippen molar-refractivity contribution in [1.29, 1.82) is 0 Å². The molecule has 2 atom stereocenters. The van der Waals surface area contributed by atoms with Gasteiger partial charge in [-0.25, -0.2) is 0 Å². The maximum Gasteiger partial charge on any atom is 0.257 e. The molecule has 2 rings (SSSR count). The zero-order valence-corrected chi connectivity index (χ0v) is 12.7. The third kappa shape index (κ3) is 3.28. The normalized spacial score (nSPS) is 23.6. The molecule has 1 aliphatic heterocycles. The van der Waals surface area contributed by atoms with Gasteiger partial charge in [-0.2, -0.15) is 0 Å². The van der Waals surface area contributed by atoms with Gasteiger partial charge in [0, 0.05) is 25.2 Å². The number of rotatable bonds is 2. The van der Waals surface area contributed by atoms with Gasteiger partial charge in [-0.15, -0.1) is 12.4 Å². The van der Waals surface area contributed by atoms with Gasteiger partial charge in [0.1, 0.15) is 6.26 Å². The Bertz CT molecular complexity index is 411. The second kappa shape index (κ2) is 6.59. The fraction of sp³-hybridized carbons (Fsp3) is 0.583. The molecule has 1 saturated heterocycles. The highest BCUT2D eigenvalue weighted by Crippen LogP contribution is 2.24. The number of amides is 1. The highest BCUT2D eigenvalue weighted by molar-refractivity contribution is 9.10. The molecule has 1 fully saturated rings. The molecule has 2 N–H and O–H groups in total. The standard InChI is InChI=1S/C12H17BrN2O2.ClH/c1-8-2-3-15(10(4-8)6-14)12(16)9-5-11(13)17-7-9;/h5,7-8,10H,2-4,6,14H2,1H3;1H. The molecule has 0 radical (unpaired) electrons. The van der Waals surface area contributed by atoms with E-state index in [0.29, 0.717) is 22.7 Å². The average molecular weight is 338 g/mol. The van der Waals surface area contributed by atoms with Crippen LogP contribution in [0.2, 0.25) is 0 Å². The van der Waals surface area contributed by atoms with E-state index in [9.17, 15) is 4.79 Å². The molecular weight excluding hydrogens is 320 g/mol. The molecule has 0 aromatic carbocycles. The Morgan fingerprint density at radius 3 is 2.94 bits per heavy atom. The van der Waals surface area contributed by atoms with Crippen LogP contribution < -0.4 is 5.73 Å². The van der Waals surface area contributed by atoms with Crippen molar-refractivity contribution in [3.05, 3.63) is 22.6 Å². The number of nitrogens with two attached hydrogens (primary N) is 1. The Morgan fingerprint density at radius 1 is 1.67 bits per heavy atom. The number of hydrogen-bond acceptors (Lipinski definition) is 3. The van der Waals surface area contributed by atoms with Crippen molar-refractivity contribution in [1.82, 2.24) is 4.90 Å². The summed E-state index contributed by atoms with van der Waals surface area (Å²) >= 11 is 3.20. The van der Waals surface area contributed by atoms with Crippen molar-refractivity contribution in [3.63, 3.8) is 0 Å². The summed E-state index contributed by atoms with van der Waals surface area (Å²) in [6.45, 7) is 3.51. The van der Waals surface area contributed by atoms with Gasteiger partial charge in [-0.1, -0.05) is 6.92 Å². The molecule has 0 saturated carbocycles. The summed E-state index contributed by atoms with van der Waals surface area (Å²) in [7, 11) is 0. The van der Waals surface area contributed by atoms with Crippen molar-refractivity contribution >= 4 is 34.2 Å². The van der Waals surface area contributed by atoms with Crippen LogP contribution in [0.1, 0.15) is 30.1 Å². The van der Waals surface area contributed by atoms with Crippen LogP contribution in [0.25, 0.3) is 0 Å². The van der Waals surface area contributed by atoms with Crippen LogP contribution in [0.4, 0.5) is 0 Å². The largest absolute Gasteiger partial charge is 0.457 e. The number of carbonyl (C=O) groups is 1. The topological polar surface area (TPSA) is 59.5 Å². The van der Waals surface area contributed by atoms with E-state index in [-0.39, 0.29) is 24.4 Å². The summed E-state index contributed by atoms with van der Waals surface area (Å²) in [5.41, 5.74) is 6.34. The number of halogens is 2. The predicted molar refractivity (Wildman–Crippen MR) is 75.9 cm³/mol. The Labute approximate surface area is 121 Å². The summed E-state index contributed by atoms with van der Waals surface area (Å²) in [6.07, 6.45) is 3.51. The van der Waals surface area contributed by atoms with Crippen LogP contribution in [-0.4, -0.2) is 29.9 Å². The van der Waals surface area contributed by atoms with E-state index < -0.39 is 0 Å². The minimum Gasteiger partial charge on any atom is -0.457 e. The number of likely N-dealkylation sites (tertiary alicyclic amines) is 1. The van der Waals surface area contributed by atoms with E-state index >= 15 is 0 Å². The first-order chi connectivity index (χ1) is 8.11. The van der Waals surface area contributed by atoms with Crippen molar-refractivity contribution in [2.75, 3.05) is 13.1 Å². The van der Waals surface area contributed by atoms with Crippen molar-refractivity contribution in [3.8, 4) is 0 Å². The summed E-state index contributed by atoms with van der Waals surface area (Å²) < 4.78 is 5.68. The quantitative estimate of drug-likeness (QED) is 0.902. The summed E-state index contributed by atoms with van der Waals surface area (Å²) in [5, 5.41) is 0. The zero-order valence-electron chi connectivity index (χ0n) is 10.3. The van der Waals surface area contributed by atoms with Gasteiger partial charge in [-0.05, 0) is 34.7 Å². The summed E-state index contributed by atoms with van der Waals surface area (Å²) in [6, 6.07) is 1.86. The van der Waals surface area contributed by atoms with E-state index in [1.165, 1.54) is 6.26 Å². The summed E-state index contributed by atoms with van der Waals surface area (Å²) in [4.78, 5) is 14.2. The van der Waals surface area contributed by atoms with Crippen LogP contribution in [0.5, 0.6) is 0 Å². The van der Waals surface area contributed by atoms with Gasteiger partial charge in [0.15, 0.2) is 4.67 Å². The number of nitrogens with zero attached hydrogens (tertiary/aromatic N) is 1. The predicted octanol–water partition coefficient (Wildman–Crippen LogP) is 2.66. The smallest absolute Gasteiger partial charge is 0.257 e. The van der Waals surface area contributed by atoms with E-state index in [2.05, 4.69) is 22.9 Å². The SMILES string of the molecule is CC1CCN(C(=O)c2coc(Br)c2)C(CN)C1.Cl. The number of furan rings is 1. The molecule has 4 nitrogen and oxygen atoms in total.